The fourth-order valence-electron chi connectivity index (χ4n) is 5.50. The molecule has 2 bridgehead atoms. The third-order valence-corrected chi connectivity index (χ3v) is 7.46. The maximum atomic E-state index is 13.3. The molecule has 0 aliphatic carbocycles. The Morgan fingerprint density at radius 1 is 1.00 bits per heavy atom. The van der Waals surface area contributed by atoms with Gasteiger partial charge in [-0.05, 0) is 62.6 Å². The third-order valence-electron chi connectivity index (χ3n) is 7.46. The van der Waals surface area contributed by atoms with Gasteiger partial charge in [-0.3, -0.25) is 19.2 Å². The summed E-state index contributed by atoms with van der Waals surface area (Å²) < 4.78 is 3.32. The molecule has 37 heavy (non-hydrogen) atoms. The van der Waals surface area contributed by atoms with Gasteiger partial charge in [0.2, 0.25) is 0 Å². The lowest BCUT2D eigenvalue weighted by atomic mass is 9.83. The Labute approximate surface area is 214 Å². The number of pyridine rings is 2. The van der Waals surface area contributed by atoms with Crippen LogP contribution in [0.15, 0.2) is 58.1 Å². The molecule has 2 atom stereocenters. The topological polar surface area (TPSA) is 105 Å². The quantitative estimate of drug-likeness (QED) is 0.559. The maximum absolute atomic E-state index is 13.3. The number of aryl methyl sites for hydroxylation is 1. The summed E-state index contributed by atoms with van der Waals surface area (Å²) in [5, 5.41) is 5.71. The van der Waals surface area contributed by atoms with Crippen molar-refractivity contribution in [2.75, 3.05) is 29.9 Å². The number of carbonyl (C=O) groups excluding carboxylic acids is 2. The van der Waals surface area contributed by atoms with Gasteiger partial charge >= 0.3 is 0 Å². The second-order valence-electron chi connectivity index (χ2n) is 9.90. The largest absolute Gasteiger partial charge is 0.369 e. The van der Waals surface area contributed by atoms with Crippen LogP contribution in [0.4, 0.5) is 11.4 Å². The van der Waals surface area contributed by atoms with Crippen LogP contribution in [0.25, 0.3) is 0 Å². The number of fused-ring (bicyclic) bond motifs is 4. The van der Waals surface area contributed by atoms with Gasteiger partial charge in [-0.15, -0.1) is 0 Å². The summed E-state index contributed by atoms with van der Waals surface area (Å²) in [6, 6.07) is 14.0. The molecule has 2 amide bonds. The average Bonchev–Trinajstić information content (AvgIpc) is 2.88. The Hall–Kier alpha value is -4.14. The van der Waals surface area contributed by atoms with Crippen molar-refractivity contribution in [3.05, 3.63) is 91.8 Å². The van der Waals surface area contributed by atoms with Crippen LogP contribution in [0.2, 0.25) is 0 Å². The molecule has 1 fully saturated rings. The van der Waals surface area contributed by atoms with Crippen molar-refractivity contribution < 1.29 is 9.59 Å². The number of nitrogens with one attached hydrogen (secondary N) is 2. The zero-order chi connectivity index (χ0) is 26.3. The number of piperidine rings is 1. The second kappa shape index (κ2) is 9.72. The van der Waals surface area contributed by atoms with Crippen LogP contribution in [0, 0.1) is 12.8 Å². The number of carbonyl (C=O) groups is 2. The zero-order valence-corrected chi connectivity index (χ0v) is 21.3. The van der Waals surface area contributed by atoms with E-state index in [0.29, 0.717) is 37.4 Å². The van der Waals surface area contributed by atoms with Crippen LogP contribution in [0.3, 0.4) is 0 Å². The molecule has 0 unspecified atom stereocenters. The van der Waals surface area contributed by atoms with Crippen molar-refractivity contribution in [2.24, 2.45) is 13.0 Å². The number of anilines is 2. The number of rotatable bonds is 5. The van der Waals surface area contributed by atoms with Crippen molar-refractivity contribution >= 4 is 23.2 Å². The van der Waals surface area contributed by atoms with Gasteiger partial charge in [-0.25, -0.2) is 0 Å². The number of hydrogen-bond donors (Lipinski definition) is 2. The van der Waals surface area contributed by atoms with Crippen LogP contribution < -0.4 is 26.7 Å². The molecule has 4 heterocycles. The SMILES string of the molecule is CCNC(=O)c1ccc(N2C[C@H]3C[C@@H](C2)c2cccc(=O)n2C3)c(NC(=O)c2ccc(C)n(C)c2=O)c1. The number of benzene rings is 1. The normalized spacial score (nSPS) is 18.2. The van der Waals surface area contributed by atoms with E-state index in [9.17, 15) is 19.2 Å². The molecular formula is C28H31N5O4. The van der Waals surface area contributed by atoms with Gasteiger partial charge in [0.1, 0.15) is 5.56 Å². The fraction of sp³-hybridized carbons (Fsp3) is 0.357. The van der Waals surface area contributed by atoms with Crippen LogP contribution in [-0.4, -0.2) is 40.6 Å². The van der Waals surface area contributed by atoms with Gasteiger partial charge in [0.05, 0.1) is 11.4 Å². The van der Waals surface area contributed by atoms with E-state index >= 15 is 0 Å². The van der Waals surface area contributed by atoms with Gasteiger partial charge in [-0.1, -0.05) is 6.07 Å². The molecule has 2 aliphatic rings. The fourth-order valence-corrected chi connectivity index (χ4v) is 5.50. The first-order valence-corrected chi connectivity index (χ1v) is 12.6. The van der Waals surface area contributed by atoms with E-state index in [1.54, 1.807) is 38.2 Å². The van der Waals surface area contributed by atoms with E-state index in [1.807, 2.05) is 29.7 Å². The minimum Gasteiger partial charge on any atom is -0.369 e. The predicted octanol–water partition coefficient (Wildman–Crippen LogP) is 2.48. The number of aromatic nitrogens is 2. The Balaban J connectivity index is 1.51. The Morgan fingerprint density at radius 2 is 1.81 bits per heavy atom. The van der Waals surface area contributed by atoms with Crippen molar-refractivity contribution in [3.63, 3.8) is 0 Å². The highest BCUT2D eigenvalue weighted by atomic mass is 16.2. The van der Waals surface area contributed by atoms with E-state index in [-0.39, 0.29) is 34.4 Å². The smallest absolute Gasteiger partial charge is 0.263 e. The second-order valence-corrected chi connectivity index (χ2v) is 9.90. The first-order chi connectivity index (χ1) is 17.8. The molecule has 9 nitrogen and oxygen atoms in total. The van der Waals surface area contributed by atoms with E-state index in [0.717, 1.165) is 23.5 Å². The third kappa shape index (κ3) is 4.57. The molecule has 5 rings (SSSR count). The summed E-state index contributed by atoms with van der Waals surface area (Å²) in [7, 11) is 1.63. The standard InChI is InChI=1S/C28H31N5O4/c1-4-29-26(35)19-9-11-24(22(13-19)30-27(36)21-10-8-17(2)31(3)28(21)37)32-14-18-12-20(16-32)23-6-5-7-25(34)33(23)15-18/h5-11,13,18,20H,4,12,14-16H2,1-3H3,(H,29,35)(H,30,36)/t18-,20+/m1/s1. The summed E-state index contributed by atoms with van der Waals surface area (Å²) in [4.78, 5) is 53.2. The molecule has 1 aromatic carbocycles. The predicted molar refractivity (Wildman–Crippen MR) is 143 cm³/mol. The van der Waals surface area contributed by atoms with Gasteiger partial charge in [0.15, 0.2) is 0 Å². The maximum Gasteiger partial charge on any atom is 0.263 e. The molecule has 9 heteroatoms. The molecule has 2 aliphatic heterocycles. The summed E-state index contributed by atoms with van der Waals surface area (Å²) in [5.74, 6) is -0.302. The number of hydrogen-bond acceptors (Lipinski definition) is 5. The zero-order valence-electron chi connectivity index (χ0n) is 21.3. The van der Waals surface area contributed by atoms with Gasteiger partial charge in [-0.2, -0.15) is 0 Å². The van der Waals surface area contributed by atoms with Crippen LogP contribution >= 0.6 is 0 Å². The highest BCUT2D eigenvalue weighted by Gasteiger charge is 2.35. The van der Waals surface area contributed by atoms with Gasteiger partial charge in [0, 0.05) is 62.2 Å². The minimum absolute atomic E-state index is 0.0274. The van der Waals surface area contributed by atoms with E-state index < -0.39 is 5.91 Å². The molecule has 3 aromatic rings. The first kappa shape index (κ1) is 24.5. The lowest BCUT2D eigenvalue weighted by Gasteiger charge is -2.44. The van der Waals surface area contributed by atoms with Crippen molar-refractivity contribution in [3.8, 4) is 0 Å². The monoisotopic (exact) mass is 501 g/mol. The average molecular weight is 502 g/mol. The van der Waals surface area contributed by atoms with Crippen LogP contribution in [-0.2, 0) is 13.6 Å². The lowest BCUT2D eigenvalue weighted by Crippen LogP contribution is -2.47. The Morgan fingerprint density at radius 3 is 2.59 bits per heavy atom. The molecular weight excluding hydrogens is 470 g/mol. The van der Waals surface area contributed by atoms with Crippen LogP contribution in [0.5, 0.6) is 0 Å². The highest BCUT2D eigenvalue weighted by Crippen LogP contribution is 2.39. The summed E-state index contributed by atoms with van der Waals surface area (Å²) in [5.41, 5.74) is 3.14. The van der Waals surface area contributed by atoms with Crippen LogP contribution in [0.1, 0.15) is 51.4 Å². The highest BCUT2D eigenvalue weighted by molar-refractivity contribution is 6.07. The molecule has 0 radical (unpaired) electrons. The molecule has 2 N–H and O–H groups in total. The van der Waals surface area contributed by atoms with Crippen molar-refractivity contribution in [1.29, 1.82) is 0 Å². The molecule has 192 valence electrons. The minimum atomic E-state index is -0.524. The summed E-state index contributed by atoms with van der Waals surface area (Å²) in [6.45, 7) is 6.17. The van der Waals surface area contributed by atoms with Gasteiger partial charge < -0.3 is 24.7 Å². The summed E-state index contributed by atoms with van der Waals surface area (Å²) >= 11 is 0. The summed E-state index contributed by atoms with van der Waals surface area (Å²) in [6.07, 6.45) is 0.998. The lowest BCUT2D eigenvalue weighted by molar-refractivity contribution is 0.0954. The van der Waals surface area contributed by atoms with E-state index in [1.165, 1.54) is 10.6 Å². The molecule has 0 saturated carbocycles. The van der Waals surface area contributed by atoms with Crippen molar-refractivity contribution in [2.45, 2.75) is 32.7 Å². The Bertz CT molecular complexity index is 1510. The number of amides is 2. The van der Waals surface area contributed by atoms with E-state index in [4.69, 9.17) is 0 Å². The molecule has 0 spiro atoms. The molecule has 2 aromatic heterocycles. The first-order valence-electron chi connectivity index (χ1n) is 12.6. The van der Waals surface area contributed by atoms with Crippen molar-refractivity contribution in [1.82, 2.24) is 14.5 Å². The van der Waals surface area contributed by atoms with E-state index in [2.05, 4.69) is 15.5 Å². The number of nitrogens with zero attached hydrogens (tertiary/aromatic N) is 3. The van der Waals surface area contributed by atoms with Gasteiger partial charge in [0.25, 0.3) is 22.9 Å². The molecule has 1 saturated heterocycles. The Kier molecular flexibility index (Phi) is 6.45.